The summed E-state index contributed by atoms with van der Waals surface area (Å²) in [6, 6.07) is 7.45. The number of carbonyl (C=O) groups excluding carboxylic acids is 2. The van der Waals surface area contributed by atoms with Crippen molar-refractivity contribution in [3.63, 3.8) is 0 Å². The van der Waals surface area contributed by atoms with Crippen LogP contribution < -0.4 is 9.80 Å². The molecular formula is C15H19N2O2+. The molecule has 0 spiro atoms. The largest absolute Gasteiger partial charge is 0.308 e. The third-order valence-electron chi connectivity index (χ3n) is 4.16. The van der Waals surface area contributed by atoms with E-state index in [1.54, 1.807) is 11.8 Å². The number of likely N-dealkylation sites (tertiary alicyclic amines) is 1. The SMILES string of the molecule is CC(=O)N1c2ccccc2C(=O)[C@@H]1[NH+]1CCCCC1. The van der Waals surface area contributed by atoms with Crippen LogP contribution in [0.4, 0.5) is 5.69 Å². The van der Waals surface area contributed by atoms with Crippen LogP contribution in [0, 0.1) is 0 Å². The Morgan fingerprint density at radius 1 is 1.21 bits per heavy atom. The van der Waals surface area contributed by atoms with Gasteiger partial charge in [0.2, 0.25) is 17.9 Å². The molecule has 0 aromatic heterocycles. The molecule has 1 amide bonds. The molecule has 0 saturated carbocycles. The number of piperidine rings is 1. The molecule has 1 fully saturated rings. The van der Waals surface area contributed by atoms with Gasteiger partial charge in [0, 0.05) is 6.92 Å². The maximum atomic E-state index is 12.6. The lowest BCUT2D eigenvalue weighted by molar-refractivity contribution is -0.918. The van der Waals surface area contributed by atoms with Crippen LogP contribution in [0.2, 0.25) is 0 Å². The van der Waals surface area contributed by atoms with Gasteiger partial charge in [-0.2, -0.15) is 0 Å². The molecule has 0 bridgehead atoms. The van der Waals surface area contributed by atoms with E-state index in [2.05, 4.69) is 0 Å². The van der Waals surface area contributed by atoms with Gasteiger partial charge in [-0.25, -0.2) is 0 Å². The van der Waals surface area contributed by atoms with Gasteiger partial charge in [-0.15, -0.1) is 0 Å². The van der Waals surface area contributed by atoms with Gasteiger partial charge in [0.05, 0.1) is 24.3 Å². The van der Waals surface area contributed by atoms with Crippen LogP contribution in [0.5, 0.6) is 0 Å². The van der Waals surface area contributed by atoms with Crippen LogP contribution in [-0.2, 0) is 4.79 Å². The summed E-state index contributed by atoms with van der Waals surface area (Å²) in [5.41, 5.74) is 1.48. The Kier molecular flexibility index (Phi) is 3.11. The molecule has 4 heteroatoms. The number of para-hydroxylation sites is 1. The number of hydrogen-bond donors (Lipinski definition) is 1. The van der Waals surface area contributed by atoms with Crippen molar-refractivity contribution in [3.8, 4) is 0 Å². The molecular weight excluding hydrogens is 240 g/mol. The zero-order chi connectivity index (χ0) is 13.4. The molecule has 0 radical (unpaired) electrons. The molecule has 1 atom stereocenters. The van der Waals surface area contributed by atoms with E-state index in [1.807, 2.05) is 24.3 Å². The molecule has 19 heavy (non-hydrogen) atoms. The van der Waals surface area contributed by atoms with Gasteiger partial charge < -0.3 is 4.90 Å². The number of ketones is 1. The molecule has 2 aliphatic heterocycles. The van der Waals surface area contributed by atoms with E-state index in [4.69, 9.17) is 0 Å². The van der Waals surface area contributed by atoms with Crippen molar-refractivity contribution in [2.45, 2.75) is 32.4 Å². The van der Waals surface area contributed by atoms with E-state index in [0.717, 1.165) is 31.6 Å². The predicted molar refractivity (Wildman–Crippen MR) is 72.3 cm³/mol. The average Bonchev–Trinajstić information content (AvgIpc) is 2.74. The highest BCUT2D eigenvalue weighted by Gasteiger charge is 2.46. The number of quaternary nitrogens is 1. The van der Waals surface area contributed by atoms with Gasteiger partial charge in [0.25, 0.3) is 0 Å². The van der Waals surface area contributed by atoms with Crippen molar-refractivity contribution in [3.05, 3.63) is 29.8 Å². The minimum atomic E-state index is -0.338. The predicted octanol–water partition coefficient (Wildman–Crippen LogP) is 0.631. The Morgan fingerprint density at radius 2 is 1.89 bits per heavy atom. The zero-order valence-corrected chi connectivity index (χ0v) is 11.2. The Balaban J connectivity index is 2.00. The van der Waals surface area contributed by atoms with Crippen LogP contribution >= 0.6 is 0 Å². The summed E-state index contributed by atoms with van der Waals surface area (Å²) >= 11 is 0. The van der Waals surface area contributed by atoms with Crippen molar-refractivity contribution in [1.82, 2.24) is 0 Å². The van der Waals surface area contributed by atoms with E-state index in [9.17, 15) is 9.59 Å². The number of rotatable bonds is 1. The van der Waals surface area contributed by atoms with E-state index >= 15 is 0 Å². The van der Waals surface area contributed by atoms with E-state index in [1.165, 1.54) is 11.3 Å². The maximum Gasteiger partial charge on any atom is 0.244 e. The van der Waals surface area contributed by atoms with Gasteiger partial charge in [-0.1, -0.05) is 12.1 Å². The van der Waals surface area contributed by atoms with Crippen LogP contribution in [0.15, 0.2) is 24.3 Å². The molecule has 4 nitrogen and oxygen atoms in total. The molecule has 3 rings (SSSR count). The topological polar surface area (TPSA) is 41.8 Å². The minimum absolute atomic E-state index is 0.0404. The Bertz CT molecular complexity index is 521. The summed E-state index contributed by atoms with van der Waals surface area (Å²) in [5.74, 6) is 0.0593. The summed E-state index contributed by atoms with van der Waals surface area (Å²) in [4.78, 5) is 27.5. The molecule has 1 aromatic carbocycles. The molecule has 2 heterocycles. The van der Waals surface area contributed by atoms with Gasteiger partial charge in [-0.3, -0.25) is 14.5 Å². The number of fused-ring (bicyclic) bond motifs is 1. The standard InChI is InChI=1S/C15H18N2O2/c1-11(18)17-13-8-4-3-7-12(13)14(19)15(17)16-9-5-2-6-10-16/h3-4,7-8,15H,2,5-6,9-10H2,1H3/p+1/t15-/m1/s1. The van der Waals surface area contributed by atoms with Crippen molar-refractivity contribution < 1.29 is 14.5 Å². The highest BCUT2D eigenvalue weighted by atomic mass is 16.2. The summed E-state index contributed by atoms with van der Waals surface area (Å²) in [5, 5.41) is 0. The second-order valence-corrected chi connectivity index (χ2v) is 5.39. The second-order valence-electron chi connectivity index (χ2n) is 5.39. The van der Waals surface area contributed by atoms with E-state index in [-0.39, 0.29) is 17.9 Å². The molecule has 0 aliphatic carbocycles. The average molecular weight is 259 g/mol. The molecule has 100 valence electrons. The Labute approximate surface area is 113 Å². The third kappa shape index (κ3) is 1.96. The fourth-order valence-electron chi connectivity index (χ4n) is 3.29. The first-order chi connectivity index (χ1) is 9.20. The molecule has 2 aliphatic rings. The van der Waals surface area contributed by atoms with Crippen molar-refractivity contribution in [1.29, 1.82) is 0 Å². The summed E-state index contributed by atoms with van der Waals surface area (Å²) < 4.78 is 0. The minimum Gasteiger partial charge on any atom is -0.308 e. The van der Waals surface area contributed by atoms with Gasteiger partial charge in [0.15, 0.2) is 0 Å². The first kappa shape index (κ1) is 12.4. The van der Waals surface area contributed by atoms with Crippen molar-refractivity contribution >= 4 is 17.4 Å². The van der Waals surface area contributed by atoms with Crippen LogP contribution in [0.1, 0.15) is 36.5 Å². The lowest BCUT2D eigenvalue weighted by Gasteiger charge is -2.32. The number of hydrogen-bond acceptors (Lipinski definition) is 2. The van der Waals surface area contributed by atoms with Crippen LogP contribution in [0.25, 0.3) is 0 Å². The number of nitrogens with one attached hydrogen (secondary N) is 1. The van der Waals surface area contributed by atoms with Crippen LogP contribution in [0.3, 0.4) is 0 Å². The fraction of sp³-hybridized carbons (Fsp3) is 0.467. The van der Waals surface area contributed by atoms with Gasteiger partial charge in [-0.05, 0) is 31.4 Å². The highest BCUT2D eigenvalue weighted by molar-refractivity contribution is 6.16. The summed E-state index contributed by atoms with van der Waals surface area (Å²) in [6.45, 7) is 3.51. The quantitative estimate of drug-likeness (QED) is 0.804. The molecule has 1 N–H and O–H groups in total. The Hall–Kier alpha value is -1.68. The monoisotopic (exact) mass is 259 g/mol. The smallest absolute Gasteiger partial charge is 0.244 e. The first-order valence-corrected chi connectivity index (χ1v) is 6.98. The summed E-state index contributed by atoms with van der Waals surface area (Å²) in [6.07, 6.45) is 3.18. The fourth-order valence-corrected chi connectivity index (χ4v) is 3.29. The number of carbonyl (C=O) groups is 2. The van der Waals surface area contributed by atoms with Gasteiger partial charge in [0.1, 0.15) is 0 Å². The normalized spacial score (nSPS) is 23.5. The van der Waals surface area contributed by atoms with Gasteiger partial charge >= 0.3 is 0 Å². The highest BCUT2D eigenvalue weighted by Crippen LogP contribution is 2.30. The number of nitrogens with zero attached hydrogens (tertiary/aromatic N) is 1. The number of amides is 1. The lowest BCUT2D eigenvalue weighted by atomic mass is 10.1. The number of anilines is 1. The Morgan fingerprint density at radius 3 is 2.58 bits per heavy atom. The number of Topliss-reactive ketones (excluding diaryl/α,β-unsaturated/α-hetero) is 1. The van der Waals surface area contributed by atoms with E-state index < -0.39 is 0 Å². The maximum absolute atomic E-state index is 12.6. The summed E-state index contributed by atoms with van der Waals surface area (Å²) in [7, 11) is 0. The zero-order valence-electron chi connectivity index (χ0n) is 11.2. The van der Waals surface area contributed by atoms with Crippen molar-refractivity contribution in [2.75, 3.05) is 18.0 Å². The van der Waals surface area contributed by atoms with Crippen molar-refractivity contribution in [2.24, 2.45) is 0 Å². The second kappa shape index (κ2) is 4.78. The molecule has 0 unspecified atom stereocenters. The lowest BCUT2D eigenvalue weighted by Crippen LogP contribution is -3.19. The molecule has 1 aromatic rings. The molecule has 1 saturated heterocycles. The van der Waals surface area contributed by atoms with E-state index in [0.29, 0.717) is 5.56 Å². The van der Waals surface area contributed by atoms with Crippen LogP contribution in [-0.4, -0.2) is 30.9 Å². The number of benzene rings is 1. The first-order valence-electron chi connectivity index (χ1n) is 6.98. The third-order valence-corrected chi connectivity index (χ3v) is 4.16.